The summed E-state index contributed by atoms with van der Waals surface area (Å²) in [5.74, 6) is 0. The van der Waals surface area contributed by atoms with Gasteiger partial charge in [-0.1, -0.05) is 6.08 Å². The number of hydrogen-bond acceptors (Lipinski definition) is 4. The van der Waals surface area contributed by atoms with Crippen LogP contribution in [0.2, 0.25) is 0 Å². The van der Waals surface area contributed by atoms with Crippen molar-refractivity contribution in [1.29, 1.82) is 0 Å². The predicted molar refractivity (Wildman–Crippen MR) is 55.1 cm³/mol. The Kier molecular flexibility index (Phi) is 3.57. The number of hydrogen-bond donors (Lipinski definition) is 5. The van der Waals surface area contributed by atoms with E-state index in [-0.39, 0.29) is 6.54 Å². The molecule has 0 saturated carbocycles. The van der Waals surface area contributed by atoms with E-state index in [0.29, 0.717) is 6.42 Å². The van der Waals surface area contributed by atoms with Crippen LogP contribution >= 0.6 is 15.2 Å². The molecule has 0 unspecified atom stereocenters. The normalized spacial score (nSPS) is 18.4. The van der Waals surface area contributed by atoms with E-state index in [4.69, 9.17) is 19.6 Å². The maximum atomic E-state index is 11.0. The molecular weight excluding hydrogens is 260 g/mol. The molecule has 16 heavy (non-hydrogen) atoms. The molecule has 5 N–H and O–H groups in total. The quantitative estimate of drug-likeness (QED) is 0.430. The van der Waals surface area contributed by atoms with Gasteiger partial charge in [0.25, 0.3) is 0 Å². The van der Waals surface area contributed by atoms with Gasteiger partial charge in [-0.25, -0.2) is 0 Å². The third-order valence-corrected chi connectivity index (χ3v) is 5.66. The molecule has 0 saturated heterocycles. The fourth-order valence-corrected chi connectivity index (χ4v) is 3.44. The van der Waals surface area contributed by atoms with Gasteiger partial charge in [-0.2, -0.15) is 0 Å². The van der Waals surface area contributed by atoms with Gasteiger partial charge in [0.1, 0.15) is 0 Å². The van der Waals surface area contributed by atoms with Crippen molar-refractivity contribution in [2.45, 2.75) is 11.5 Å². The molecule has 0 aromatic carbocycles. The van der Waals surface area contributed by atoms with E-state index in [1.807, 2.05) is 0 Å². The fourth-order valence-electron chi connectivity index (χ4n) is 1.19. The molecule has 1 heterocycles. The lowest BCUT2D eigenvalue weighted by Gasteiger charge is -2.30. The minimum absolute atomic E-state index is 0.105. The molecule has 0 bridgehead atoms. The molecule has 0 radical (unpaired) electrons. The summed E-state index contributed by atoms with van der Waals surface area (Å²) in [6, 6.07) is 0. The predicted octanol–water partition coefficient (Wildman–Crippen LogP) is -0.611. The average molecular weight is 271 g/mol. The van der Waals surface area contributed by atoms with Crippen LogP contribution in [-0.4, -0.2) is 42.0 Å². The zero-order valence-electron chi connectivity index (χ0n) is 7.96. The molecule has 8 nitrogen and oxygen atoms in total. The van der Waals surface area contributed by atoms with Crippen molar-refractivity contribution < 1.29 is 33.8 Å². The second-order valence-electron chi connectivity index (χ2n) is 3.18. The van der Waals surface area contributed by atoms with Crippen LogP contribution in [-0.2, 0) is 9.13 Å². The molecule has 0 aromatic heterocycles. The number of nitrogens with zero attached hydrogens (tertiary/aromatic N) is 1. The third kappa shape index (κ3) is 2.19. The van der Waals surface area contributed by atoms with Crippen molar-refractivity contribution in [2.75, 3.05) is 6.54 Å². The molecule has 0 fully saturated rings. The summed E-state index contributed by atoms with van der Waals surface area (Å²) in [5, 5.41) is 6.04. The SMILES string of the molecule is O=P(O)(O)C(O)(C1=NCCC=C1)P(=O)(O)O. The number of aliphatic hydroxyl groups is 1. The van der Waals surface area contributed by atoms with Gasteiger partial charge in [-0.05, 0) is 12.5 Å². The average Bonchev–Trinajstić information content (AvgIpc) is 2.14. The maximum Gasteiger partial charge on any atom is 0.375 e. The van der Waals surface area contributed by atoms with Crippen molar-refractivity contribution in [3.8, 4) is 0 Å². The first-order chi connectivity index (χ1) is 7.11. The highest BCUT2D eigenvalue weighted by Crippen LogP contribution is 2.68. The minimum atomic E-state index is -5.47. The van der Waals surface area contributed by atoms with Crippen molar-refractivity contribution in [3.05, 3.63) is 12.2 Å². The smallest absolute Gasteiger partial charge is 0.363 e. The second-order valence-corrected chi connectivity index (χ2v) is 7.00. The van der Waals surface area contributed by atoms with Crippen LogP contribution < -0.4 is 0 Å². The number of dihydropyridines is 1. The highest BCUT2D eigenvalue weighted by molar-refractivity contribution is 7.73. The molecule has 0 amide bonds. The first-order valence-electron chi connectivity index (χ1n) is 4.16. The van der Waals surface area contributed by atoms with E-state index in [2.05, 4.69) is 4.99 Å². The zero-order valence-corrected chi connectivity index (χ0v) is 9.75. The van der Waals surface area contributed by atoms with Gasteiger partial charge < -0.3 is 24.7 Å². The van der Waals surface area contributed by atoms with Crippen LogP contribution in [0, 0.1) is 0 Å². The molecule has 1 aliphatic rings. The second kappa shape index (κ2) is 4.16. The molecule has 1 rings (SSSR count). The van der Waals surface area contributed by atoms with Crippen LogP contribution in [0.15, 0.2) is 17.1 Å². The molecule has 1 aliphatic heterocycles. The van der Waals surface area contributed by atoms with E-state index in [9.17, 15) is 14.2 Å². The van der Waals surface area contributed by atoms with Gasteiger partial charge in [0.2, 0.25) is 0 Å². The van der Waals surface area contributed by atoms with Crippen molar-refractivity contribution in [3.63, 3.8) is 0 Å². The zero-order chi connectivity index (χ0) is 12.6. The fraction of sp³-hybridized carbons (Fsp3) is 0.500. The Balaban J connectivity index is 3.38. The lowest BCUT2D eigenvalue weighted by molar-refractivity contribution is 0.182. The van der Waals surface area contributed by atoms with Crippen LogP contribution in [0.5, 0.6) is 0 Å². The van der Waals surface area contributed by atoms with Crippen LogP contribution in [0.25, 0.3) is 0 Å². The van der Waals surface area contributed by atoms with Gasteiger partial charge in [0.05, 0.1) is 5.71 Å². The molecular formula is C6H11NO7P2. The Labute approximate surface area is 90.7 Å². The molecule has 0 atom stereocenters. The topological polar surface area (TPSA) is 148 Å². The highest BCUT2D eigenvalue weighted by atomic mass is 31.2. The van der Waals surface area contributed by atoms with Gasteiger partial charge in [-0.15, -0.1) is 0 Å². The third-order valence-electron chi connectivity index (χ3n) is 2.01. The van der Waals surface area contributed by atoms with E-state index in [1.54, 1.807) is 0 Å². The summed E-state index contributed by atoms with van der Waals surface area (Å²) in [6.45, 7) is 0.105. The first kappa shape index (κ1) is 13.7. The summed E-state index contributed by atoms with van der Waals surface area (Å²) in [5.41, 5.74) is -0.694. The van der Waals surface area contributed by atoms with Gasteiger partial charge in [0, 0.05) is 6.54 Å². The largest absolute Gasteiger partial charge is 0.375 e. The van der Waals surface area contributed by atoms with Crippen LogP contribution in [0.4, 0.5) is 0 Å². The Morgan fingerprint density at radius 2 is 1.69 bits per heavy atom. The number of rotatable bonds is 3. The van der Waals surface area contributed by atoms with Crippen molar-refractivity contribution in [1.82, 2.24) is 0 Å². The minimum Gasteiger partial charge on any atom is -0.363 e. The summed E-state index contributed by atoms with van der Waals surface area (Å²) in [6.07, 6.45) is 2.89. The summed E-state index contributed by atoms with van der Waals surface area (Å²) >= 11 is 0. The number of aliphatic imine (C=N–C) groups is 1. The lowest BCUT2D eigenvalue weighted by Crippen LogP contribution is -2.38. The summed E-state index contributed by atoms with van der Waals surface area (Å²) in [7, 11) is -10.9. The molecule has 0 aromatic rings. The maximum absolute atomic E-state index is 11.0. The van der Waals surface area contributed by atoms with Crippen LogP contribution in [0.1, 0.15) is 6.42 Å². The lowest BCUT2D eigenvalue weighted by atomic mass is 10.2. The van der Waals surface area contributed by atoms with Crippen molar-refractivity contribution in [2.24, 2.45) is 4.99 Å². The molecule has 0 spiro atoms. The first-order valence-corrected chi connectivity index (χ1v) is 7.38. The Morgan fingerprint density at radius 3 is 2.00 bits per heavy atom. The monoisotopic (exact) mass is 271 g/mol. The standard InChI is InChI=1S/C6H11NO7P2/c8-6(15(9,10)11,16(12,13)14)5-3-1-2-4-7-5/h1,3,8H,2,4H2,(H2,9,10,11)(H2,12,13,14). The van der Waals surface area contributed by atoms with E-state index in [0.717, 1.165) is 6.08 Å². The Hall–Kier alpha value is -0.330. The van der Waals surface area contributed by atoms with Gasteiger partial charge >= 0.3 is 20.3 Å². The van der Waals surface area contributed by atoms with E-state index < -0.39 is 26.0 Å². The molecule has 92 valence electrons. The van der Waals surface area contributed by atoms with Crippen LogP contribution in [0.3, 0.4) is 0 Å². The van der Waals surface area contributed by atoms with Gasteiger partial charge in [-0.3, -0.25) is 14.1 Å². The van der Waals surface area contributed by atoms with Crippen molar-refractivity contribution >= 4 is 20.9 Å². The Bertz CT molecular complexity index is 408. The molecule has 10 heteroatoms. The Morgan fingerprint density at radius 1 is 1.19 bits per heavy atom. The highest BCUT2D eigenvalue weighted by Gasteiger charge is 2.62. The van der Waals surface area contributed by atoms with Gasteiger partial charge in [0.15, 0.2) is 0 Å². The molecule has 0 aliphatic carbocycles. The summed E-state index contributed by atoms with van der Waals surface area (Å²) in [4.78, 5) is 39.0. The summed E-state index contributed by atoms with van der Waals surface area (Å²) < 4.78 is 22.1. The van der Waals surface area contributed by atoms with E-state index in [1.165, 1.54) is 6.08 Å². The van der Waals surface area contributed by atoms with E-state index >= 15 is 0 Å².